The van der Waals surface area contributed by atoms with Crippen molar-refractivity contribution in [1.82, 2.24) is 0 Å². The van der Waals surface area contributed by atoms with Crippen LogP contribution in [0.1, 0.15) is 32.6 Å². The summed E-state index contributed by atoms with van der Waals surface area (Å²) in [6.45, 7) is 2.05. The summed E-state index contributed by atoms with van der Waals surface area (Å²) in [6.07, 6.45) is 3.42. The molecule has 0 spiro atoms. The van der Waals surface area contributed by atoms with Crippen LogP contribution in [-0.2, 0) is 0 Å². The fourth-order valence-corrected chi connectivity index (χ4v) is 1.38. The summed E-state index contributed by atoms with van der Waals surface area (Å²) in [4.78, 5) is 0. The van der Waals surface area contributed by atoms with E-state index in [-0.39, 0.29) is 12.7 Å². The second-order valence-electron chi connectivity index (χ2n) is 3.71. The van der Waals surface area contributed by atoms with Gasteiger partial charge in [0.2, 0.25) is 11.6 Å². The summed E-state index contributed by atoms with van der Waals surface area (Å²) < 4.78 is 56.5. The van der Waals surface area contributed by atoms with Crippen LogP contribution >= 0.6 is 0 Å². The zero-order chi connectivity index (χ0) is 12.8. The van der Waals surface area contributed by atoms with Crippen LogP contribution in [0.15, 0.2) is 6.07 Å². The standard InChI is InChI=1S/C12H14F4O/c1-2-3-4-5-6-17-12-10(15)8(13)7-9(14)11(12)16/h7H,2-6H2,1H3. The van der Waals surface area contributed by atoms with E-state index in [9.17, 15) is 17.6 Å². The molecule has 0 unspecified atom stereocenters. The van der Waals surface area contributed by atoms with Gasteiger partial charge in [-0.15, -0.1) is 0 Å². The fourth-order valence-electron chi connectivity index (χ4n) is 1.38. The Kier molecular flexibility index (Phi) is 5.25. The van der Waals surface area contributed by atoms with E-state index in [1.165, 1.54) is 0 Å². The maximum absolute atomic E-state index is 13.1. The van der Waals surface area contributed by atoms with Crippen molar-refractivity contribution in [2.45, 2.75) is 32.6 Å². The Labute approximate surface area is 97.4 Å². The molecular weight excluding hydrogens is 236 g/mol. The Balaban J connectivity index is 2.64. The zero-order valence-electron chi connectivity index (χ0n) is 9.53. The molecule has 1 nitrogen and oxygen atoms in total. The Morgan fingerprint density at radius 2 is 1.53 bits per heavy atom. The number of unbranched alkanes of at least 4 members (excludes halogenated alkanes) is 3. The molecule has 17 heavy (non-hydrogen) atoms. The van der Waals surface area contributed by atoms with Crippen molar-refractivity contribution in [3.05, 3.63) is 29.3 Å². The Hall–Kier alpha value is -1.26. The summed E-state index contributed by atoms with van der Waals surface area (Å²) in [6, 6.07) is 0.161. The van der Waals surface area contributed by atoms with Crippen molar-refractivity contribution in [3.8, 4) is 5.75 Å². The predicted octanol–water partition coefficient (Wildman–Crippen LogP) is 4.20. The Morgan fingerprint density at radius 1 is 0.941 bits per heavy atom. The molecule has 96 valence electrons. The highest BCUT2D eigenvalue weighted by Gasteiger charge is 2.20. The maximum Gasteiger partial charge on any atom is 0.203 e. The van der Waals surface area contributed by atoms with Gasteiger partial charge in [-0.25, -0.2) is 8.78 Å². The number of ether oxygens (including phenoxy) is 1. The zero-order valence-corrected chi connectivity index (χ0v) is 9.53. The Bertz CT molecular complexity index is 353. The van der Waals surface area contributed by atoms with E-state index < -0.39 is 29.0 Å². The molecule has 0 aliphatic heterocycles. The second kappa shape index (κ2) is 6.47. The SMILES string of the molecule is CCCCCCOc1c(F)c(F)cc(F)c1F. The van der Waals surface area contributed by atoms with Crippen LogP contribution in [-0.4, -0.2) is 6.61 Å². The van der Waals surface area contributed by atoms with E-state index in [2.05, 4.69) is 0 Å². The molecule has 0 amide bonds. The molecule has 1 aromatic rings. The largest absolute Gasteiger partial charge is 0.487 e. The van der Waals surface area contributed by atoms with Gasteiger partial charge in [-0.3, -0.25) is 0 Å². The lowest BCUT2D eigenvalue weighted by atomic mass is 10.2. The topological polar surface area (TPSA) is 9.23 Å². The highest BCUT2D eigenvalue weighted by Crippen LogP contribution is 2.26. The molecule has 0 aliphatic rings. The van der Waals surface area contributed by atoms with Crippen LogP contribution in [0.3, 0.4) is 0 Å². The number of hydrogen-bond donors (Lipinski definition) is 0. The van der Waals surface area contributed by atoms with Crippen LogP contribution in [0.5, 0.6) is 5.75 Å². The van der Waals surface area contributed by atoms with Crippen LogP contribution < -0.4 is 4.74 Å². The van der Waals surface area contributed by atoms with Gasteiger partial charge >= 0.3 is 0 Å². The molecule has 0 bridgehead atoms. The second-order valence-corrected chi connectivity index (χ2v) is 3.71. The van der Waals surface area contributed by atoms with E-state index in [0.717, 1.165) is 19.3 Å². The predicted molar refractivity (Wildman–Crippen MR) is 55.9 cm³/mol. The number of benzene rings is 1. The number of halogens is 4. The van der Waals surface area contributed by atoms with E-state index in [1.54, 1.807) is 0 Å². The van der Waals surface area contributed by atoms with Gasteiger partial charge in [0.15, 0.2) is 17.4 Å². The minimum Gasteiger partial charge on any atom is -0.487 e. The van der Waals surface area contributed by atoms with Gasteiger partial charge in [-0.2, -0.15) is 8.78 Å². The van der Waals surface area contributed by atoms with Gasteiger partial charge < -0.3 is 4.74 Å². The number of hydrogen-bond acceptors (Lipinski definition) is 1. The molecule has 0 aliphatic carbocycles. The molecule has 1 rings (SSSR count). The first-order valence-corrected chi connectivity index (χ1v) is 5.53. The molecule has 0 N–H and O–H groups in total. The molecular formula is C12H14F4O. The van der Waals surface area contributed by atoms with Crippen LogP contribution in [0.4, 0.5) is 17.6 Å². The van der Waals surface area contributed by atoms with E-state index in [0.29, 0.717) is 6.42 Å². The quantitative estimate of drug-likeness (QED) is 0.417. The van der Waals surface area contributed by atoms with Gasteiger partial charge in [0.1, 0.15) is 0 Å². The molecule has 5 heteroatoms. The van der Waals surface area contributed by atoms with Gasteiger partial charge in [-0.05, 0) is 6.42 Å². The maximum atomic E-state index is 13.1. The van der Waals surface area contributed by atoms with Crippen LogP contribution in [0, 0.1) is 23.3 Å². The first kappa shape index (κ1) is 13.8. The molecule has 0 saturated carbocycles. The average molecular weight is 250 g/mol. The average Bonchev–Trinajstić information content (AvgIpc) is 2.30. The van der Waals surface area contributed by atoms with Gasteiger partial charge in [0.05, 0.1) is 6.61 Å². The fraction of sp³-hybridized carbons (Fsp3) is 0.500. The first-order valence-electron chi connectivity index (χ1n) is 5.53. The van der Waals surface area contributed by atoms with E-state index in [1.807, 2.05) is 6.92 Å². The van der Waals surface area contributed by atoms with Crippen molar-refractivity contribution in [2.75, 3.05) is 6.61 Å². The highest BCUT2D eigenvalue weighted by molar-refractivity contribution is 5.28. The van der Waals surface area contributed by atoms with Crippen LogP contribution in [0.2, 0.25) is 0 Å². The minimum atomic E-state index is -1.49. The highest BCUT2D eigenvalue weighted by atomic mass is 19.2. The Morgan fingerprint density at radius 3 is 2.06 bits per heavy atom. The summed E-state index contributed by atoms with van der Waals surface area (Å²) >= 11 is 0. The van der Waals surface area contributed by atoms with Gasteiger partial charge in [0, 0.05) is 6.07 Å². The van der Waals surface area contributed by atoms with Crippen molar-refractivity contribution < 1.29 is 22.3 Å². The molecule has 0 aromatic heterocycles. The molecule has 0 atom stereocenters. The summed E-state index contributed by atoms with van der Waals surface area (Å²) in [5.74, 6) is -6.85. The van der Waals surface area contributed by atoms with Crippen molar-refractivity contribution >= 4 is 0 Å². The third-order valence-corrected chi connectivity index (χ3v) is 2.32. The van der Waals surface area contributed by atoms with Gasteiger partial charge in [-0.1, -0.05) is 26.2 Å². The molecule has 1 aromatic carbocycles. The lowest BCUT2D eigenvalue weighted by molar-refractivity contribution is 0.263. The molecule has 0 fully saturated rings. The molecule has 0 heterocycles. The first-order chi connectivity index (χ1) is 8.07. The smallest absolute Gasteiger partial charge is 0.203 e. The van der Waals surface area contributed by atoms with Crippen molar-refractivity contribution in [1.29, 1.82) is 0 Å². The lowest BCUT2D eigenvalue weighted by Crippen LogP contribution is -2.05. The van der Waals surface area contributed by atoms with Crippen LogP contribution in [0.25, 0.3) is 0 Å². The van der Waals surface area contributed by atoms with E-state index >= 15 is 0 Å². The van der Waals surface area contributed by atoms with Crippen molar-refractivity contribution in [3.63, 3.8) is 0 Å². The summed E-state index contributed by atoms with van der Waals surface area (Å²) in [5.41, 5.74) is 0. The van der Waals surface area contributed by atoms with Crippen molar-refractivity contribution in [2.24, 2.45) is 0 Å². The van der Waals surface area contributed by atoms with E-state index in [4.69, 9.17) is 4.74 Å². The normalized spacial score (nSPS) is 10.6. The third-order valence-electron chi connectivity index (χ3n) is 2.32. The molecule has 0 saturated heterocycles. The number of rotatable bonds is 6. The summed E-state index contributed by atoms with van der Waals surface area (Å²) in [5, 5.41) is 0. The lowest BCUT2D eigenvalue weighted by Gasteiger charge is -2.09. The minimum absolute atomic E-state index is 0.0384. The summed E-state index contributed by atoms with van der Waals surface area (Å²) in [7, 11) is 0. The molecule has 0 radical (unpaired) electrons. The van der Waals surface area contributed by atoms with Gasteiger partial charge in [0.25, 0.3) is 0 Å². The monoisotopic (exact) mass is 250 g/mol. The third kappa shape index (κ3) is 3.61.